The number of rotatable bonds is 1. The number of halogens is 2. The molecule has 0 saturated carbocycles. The Morgan fingerprint density at radius 2 is 1.94 bits per heavy atom. The molecule has 8 nitrogen and oxygen atoms in total. The number of benzene rings is 3. The van der Waals surface area contributed by atoms with Gasteiger partial charge in [-0.15, -0.1) is 23.1 Å². The fourth-order valence-corrected chi connectivity index (χ4v) is 9.58. The number of carbonyl (C=O) groups is 1. The van der Waals surface area contributed by atoms with E-state index < -0.39 is 5.97 Å². The summed E-state index contributed by atoms with van der Waals surface area (Å²) in [5, 5.41) is 19.2. The van der Waals surface area contributed by atoms with E-state index in [1.54, 1.807) is 40.8 Å². The fourth-order valence-electron chi connectivity index (χ4n) is 7.23. The number of hydrogen-bond acceptors (Lipinski definition) is 7. The maximum atomic E-state index is 14.3. The third-order valence-electron chi connectivity index (χ3n) is 9.33. The number of aryl methyl sites for hydroxylation is 5. The van der Waals surface area contributed by atoms with E-state index in [2.05, 4.69) is 0 Å². The second-order valence-corrected chi connectivity index (χ2v) is 14.9. The number of hydrogen-bond donors (Lipinski definition) is 1. The highest BCUT2D eigenvalue weighted by Gasteiger charge is 2.34. The van der Waals surface area contributed by atoms with Crippen LogP contribution < -0.4 is 4.74 Å². The van der Waals surface area contributed by atoms with E-state index in [-0.39, 0.29) is 17.6 Å². The van der Waals surface area contributed by atoms with Crippen LogP contribution in [0, 0.1) is 19.7 Å². The Morgan fingerprint density at radius 3 is 2.77 bits per heavy atom. The highest BCUT2D eigenvalue weighted by atomic mass is 35.5. The van der Waals surface area contributed by atoms with Crippen molar-refractivity contribution in [2.75, 3.05) is 6.61 Å². The predicted octanol–water partition coefficient (Wildman–Crippen LogP) is 9.04. The number of thiazole rings is 1. The Bertz CT molecular complexity index is 2280. The van der Waals surface area contributed by atoms with Gasteiger partial charge in [0.25, 0.3) is 0 Å². The maximum Gasteiger partial charge on any atom is 0.352 e. The Balaban J connectivity index is 1.27. The van der Waals surface area contributed by atoms with Crippen LogP contribution >= 0.6 is 34.7 Å². The fraction of sp³-hybridized carbons (Fsp3) is 0.306. The summed E-state index contributed by atoms with van der Waals surface area (Å²) in [5.74, 6) is 0.0665. The highest BCUT2D eigenvalue weighted by Crippen LogP contribution is 2.46. The van der Waals surface area contributed by atoms with Crippen molar-refractivity contribution in [3.05, 3.63) is 91.5 Å². The van der Waals surface area contributed by atoms with Crippen LogP contribution in [-0.2, 0) is 37.1 Å². The molecule has 6 aromatic rings. The Hall–Kier alpha value is -3.90. The molecule has 246 valence electrons. The number of aromatic carboxylic acids is 1. The predicted molar refractivity (Wildman–Crippen MR) is 187 cm³/mol. The lowest BCUT2D eigenvalue weighted by Gasteiger charge is -2.15. The van der Waals surface area contributed by atoms with Gasteiger partial charge in [-0.25, -0.2) is 14.2 Å². The standard InChI is InChI=1S/C36H32ClFN4O4S2/c1-18-29-17-47-22-14-20-13-21(38)6-7-23(20)28(15-22)45-12-4-5-24-25-8-9-26(37)32(33(25)41(3)34(24)36(43)44)31-19(2)40-42-11-10-27(35(31)42)46-16-30(39-18)48-29/h6-9,13-15,27H,4-5,10-12,16-17H2,1-3H3,(H,43,44). The zero-order chi connectivity index (χ0) is 33.3. The number of thioether (sulfide) groups is 1. The Kier molecular flexibility index (Phi) is 7.98. The second-order valence-electron chi connectivity index (χ2n) is 12.3. The SMILES string of the molecule is Cc1nc2sc1CSc1cc(c3ccc(F)cc3c1)OCCCc1c(C(=O)O)n(C)c3c(c(Cl)ccc13)-c1c(C)nn3c1C(CC3)OC2. The van der Waals surface area contributed by atoms with Crippen LogP contribution in [0.3, 0.4) is 0 Å². The molecule has 3 aromatic heterocycles. The zero-order valence-corrected chi connectivity index (χ0v) is 29.0. The molecule has 1 unspecified atom stereocenters. The molecule has 8 rings (SSSR count). The molecule has 2 aliphatic heterocycles. The van der Waals surface area contributed by atoms with Crippen molar-refractivity contribution in [1.82, 2.24) is 19.3 Å². The lowest BCUT2D eigenvalue weighted by Crippen LogP contribution is -2.09. The molecule has 0 radical (unpaired) electrons. The number of aromatic nitrogens is 4. The van der Waals surface area contributed by atoms with Crippen LogP contribution in [0.25, 0.3) is 32.8 Å². The molecule has 5 heterocycles. The molecule has 12 heteroatoms. The van der Waals surface area contributed by atoms with Crippen LogP contribution in [0.4, 0.5) is 4.39 Å². The number of carboxylic acid groups (broad SMARTS) is 1. The summed E-state index contributed by atoms with van der Waals surface area (Å²) in [6.45, 7) is 5.40. The number of carboxylic acids is 1. The molecule has 0 amide bonds. The monoisotopic (exact) mass is 702 g/mol. The van der Waals surface area contributed by atoms with E-state index in [4.69, 9.17) is 31.2 Å². The van der Waals surface area contributed by atoms with Crippen molar-refractivity contribution in [3.63, 3.8) is 0 Å². The average molecular weight is 703 g/mol. The molecule has 8 bridgehead atoms. The van der Waals surface area contributed by atoms with E-state index in [1.165, 1.54) is 12.1 Å². The van der Waals surface area contributed by atoms with E-state index in [0.29, 0.717) is 49.1 Å². The van der Waals surface area contributed by atoms with Gasteiger partial charge < -0.3 is 19.1 Å². The van der Waals surface area contributed by atoms with E-state index in [9.17, 15) is 14.3 Å². The van der Waals surface area contributed by atoms with Crippen molar-refractivity contribution in [2.24, 2.45) is 7.05 Å². The van der Waals surface area contributed by atoms with Gasteiger partial charge in [-0.2, -0.15) is 5.10 Å². The molecule has 3 aromatic carbocycles. The molecule has 0 saturated heterocycles. The third kappa shape index (κ3) is 5.28. The number of ether oxygens (including phenoxy) is 2. The second kappa shape index (κ2) is 12.2. The normalized spacial score (nSPS) is 16.6. The van der Waals surface area contributed by atoms with Gasteiger partial charge in [-0.05, 0) is 80.5 Å². The molecule has 0 fully saturated rings. The van der Waals surface area contributed by atoms with Gasteiger partial charge in [-0.3, -0.25) is 4.68 Å². The maximum absolute atomic E-state index is 14.3. The Labute approximate surface area is 289 Å². The van der Waals surface area contributed by atoms with Crippen molar-refractivity contribution in [3.8, 4) is 16.9 Å². The van der Waals surface area contributed by atoms with E-state index >= 15 is 0 Å². The third-order valence-corrected chi connectivity index (χ3v) is 12.0. The van der Waals surface area contributed by atoms with Crippen LogP contribution in [0.5, 0.6) is 5.75 Å². The molecule has 1 atom stereocenters. The van der Waals surface area contributed by atoms with Crippen LogP contribution in [-0.4, -0.2) is 37.0 Å². The molecular weight excluding hydrogens is 671 g/mol. The Morgan fingerprint density at radius 1 is 1.10 bits per heavy atom. The molecule has 0 spiro atoms. The van der Waals surface area contributed by atoms with Gasteiger partial charge in [0.05, 0.1) is 40.8 Å². The summed E-state index contributed by atoms with van der Waals surface area (Å²) >= 11 is 10.3. The minimum absolute atomic E-state index is 0.221. The quantitative estimate of drug-likeness (QED) is 0.183. The van der Waals surface area contributed by atoms with E-state index in [1.807, 2.05) is 42.8 Å². The van der Waals surface area contributed by atoms with Gasteiger partial charge in [0.1, 0.15) is 28.4 Å². The van der Waals surface area contributed by atoms with Gasteiger partial charge in [0.15, 0.2) is 0 Å². The van der Waals surface area contributed by atoms with Crippen LogP contribution in [0.2, 0.25) is 5.02 Å². The van der Waals surface area contributed by atoms with Crippen LogP contribution in [0.1, 0.15) is 62.0 Å². The van der Waals surface area contributed by atoms with Crippen molar-refractivity contribution in [2.45, 2.75) is 63.0 Å². The smallest absolute Gasteiger partial charge is 0.352 e. The molecule has 48 heavy (non-hydrogen) atoms. The average Bonchev–Trinajstić information content (AvgIpc) is 3.77. The minimum Gasteiger partial charge on any atom is -0.493 e. The summed E-state index contributed by atoms with van der Waals surface area (Å²) < 4.78 is 31.0. The van der Waals surface area contributed by atoms with Gasteiger partial charge in [0, 0.05) is 51.0 Å². The summed E-state index contributed by atoms with van der Waals surface area (Å²) in [4.78, 5) is 19.7. The topological polar surface area (TPSA) is 91.4 Å². The molecular formula is C36H32ClFN4O4S2. The van der Waals surface area contributed by atoms with Crippen molar-refractivity contribution >= 4 is 62.3 Å². The van der Waals surface area contributed by atoms with Gasteiger partial charge in [0.2, 0.25) is 0 Å². The lowest BCUT2D eigenvalue weighted by atomic mass is 9.96. The largest absolute Gasteiger partial charge is 0.493 e. The molecule has 2 aliphatic rings. The van der Waals surface area contributed by atoms with Gasteiger partial charge >= 0.3 is 5.97 Å². The number of nitrogens with zero attached hydrogens (tertiary/aromatic N) is 4. The minimum atomic E-state index is -1.00. The van der Waals surface area contributed by atoms with Crippen LogP contribution in [0.15, 0.2) is 47.4 Å². The first-order chi connectivity index (χ1) is 23.2. The highest BCUT2D eigenvalue weighted by molar-refractivity contribution is 7.98. The summed E-state index contributed by atoms with van der Waals surface area (Å²) in [5.41, 5.74) is 6.10. The van der Waals surface area contributed by atoms with Crippen molar-refractivity contribution < 1.29 is 23.8 Å². The zero-order valence-electron chi connectivity index (χ0n) is 26.6. The number of fused-ring (bicyclic) bond motifs is 7. The summed E-state index contributed by atoms with van der Waals surface area (Å²) in [6, 6.07) is 12.5. The first-order valence-electron chi connectivity index (χ1n) is 15.8. The first-order valence-corrected chi connectivity index (χ1v) is 18.0. The van der Waals surface area contributed by atoms with Gasteiger partial charge in [-0.1, -0.05) is 17.7 Å². The van der Waals surface area contributed by atoms with E-state index in [0.717, 1.165) is 76.6 Å². The van der Waals surface area contributed by atoms with Crippen molar-refractivity contribution in [1.29, 1.82) is 0 Å². The molecule has 0 aliphatic carbocycles. The summed E-state index contributed by atoms with van der Waals surface area (Å²) in [7, 11) is 1.79. The first kappa shape index (κ1) is 31.4. The lowest BCUT2D eigenvalue weighted by molar-refractivity contribution is 0.0411. The summed E-state index contributed by atoms with van der Waals surface area (Å²) in [6.07, 6.45) is 1.58. The molecule has 1 N–H and O–H groups in total.